The molecule has 0 saturated carbocycles. The molecule has 0 aromatic rings. The van der Waals surface area contributed by atoms with Crippen molar-refractivity contribution in [2.75, 3.05) is 19.8 Å². The SMILES string of the molecule is C1COC1.CCC1(Br)CO1. The first kappa shape index (κ1) is 8.50. The summed E-state index contributed by atoms with van der Waals surface area (Å²) in [7, 11) is 0. The van der Waals surface area contributed by atoms with Crippen LogP contribution in [0, 0.1) is 0 Å². The first-order chi connectivity index (χ1) is 4.77. The van der Waals surface area contributed by atoms with Crippen LogP contribution in [0.2, 0.25) is 0 Å². The highest BCUT2D eigenvalue weighted by Gasteiger charge is 2.39. The Hall–Kier alpha value is 0.400. The minimum atomic E-state index is 0.104. The molecule has 0 aromatic carbocycles. The molecule has 10 heavy (non-hydrogen) atoms. The molecule has 0 amide bonds. The largest absolute Gasteiger partial charge is 0.381 e. The van der Waals surface area contributed by atoms with E-state index in [0.717, 1.165) is 26.2 Å². The molecule has 2 heterocycles. The van der Waals surface area contributed by atoms with Crippen molar-refractivity contribution in [1.29, 1.82) is 0 Å². The molecule has 2 aliphatic heterocycles. The van der Waals surface area contributed by atoms with E-state index in [-0.39, 0.29) is 4.51 Å². The summed E-state index contributed by atoms with van der Waals surface area (Å²) in [5.41, 5.74) is 0. The highest BCUT2D eigenvalue weighted by molar-refractivity contribution is 9.10. The Balaban J connectivity index is 0.000000108. The van der Waals surface area contributed by atoms with Gasteiger partial charge in [-0.15, -0.1) is 0 Å². The fourth-order valence-electron chi connectivity index (χ4n) is 0.427. The maximum absolute atomic E-state index is 4.96. The number of rotatable bonds is 1. The van der Waals surface area contributed by atoms with Gasteiger partial charge in [-0.3, -0.25) is 0 Å². The van der Waals surface area contributed by atoms with Crippen LogP contribution in [0.25, 0.3) is 0 Å². The summed E-state index contributed by atoms with van der Waals surface area (Å²) >= 11 is 3.37. The van der Waals surface area contributed by atoms with E-state index in [4.69, 9.17) is 9.47 Å². The van der Waals surface area contributed by atoms with Gasteiger partial charge in [0.05, 0.1) is 6.61 Å². The zero-order chi connectivity index (χ0) is 7.45. The molecule has 0 aromatic heterocycles. The van der Waals surface area contributed by atoms with E-state index in [9.17, 15) is 0 Å². The molecule has 2 aliphatic rings. The van der Waals surface area contributed by atoms with Crippen molar-refractivity contribution < 1.29 is 9.47 Å². The fraction of sp³-hybridized carbons (Fsp3) is 1.00. The molecule has 2 saturated heterocycles. The van der Waals surface area contributed by atoms with E-state index >= 15 is 0 Å². The third kappa shape index (κ3) is 2.99. The van der Waals surface area contributed by atoms with Crippen LogP contribution in [-0.2, 0) is 9.47 Å². The summed E-state index contributed by atoms with van der Waals surface area (Å²) in [4.78, 5) is 0. The summed E-state index contributed by atoms with van der Waals surface area (Å²) in [6.45, 7) is 4.99. The van der Waals surface area contributed by atoms with Gasteiger partial charge < -0.3 is 9.47 Å². The lowest BCUT2D eigenvalue weighted by molar-refractivity contribution is 0.0367. The van der Waals surface area contributed by atoms with E-state index in [1.807, 2.05) is 0 Å². The van der Waals surface area contributed by atoms with Crippen LogP contribution in [0.3, 0.4) is 0 Å². The number of halogens is 1. The quantitative estimate of drug-likeness (QED) is 0.486. The van der Waals surface area contributed by atoms with Gasteiger partial charge in [0, 0.05) is 13.2 Å². The molecule has 0 bridgehead atoms. The van der Waals surface area contributed by atoms with E-state index in [2.05, 4.69) is 22.9 Å². The number of ether oxygens (including phenoxy) is 2. The van der Waals surface area contributed by atoms with E-state index < -0.39 is 0 Å². The number of epoxide rings is 1. The number of hydrogen-bond acceptors (Lipinski definition) is 2. The summed E-state index contributed by atoms with van der Waals surface area (Å²) in [5, 5.41) is 0. The Morgan fingerprint density at radius 1 is 1.50 bits per heavy atom. The summed E-state index contributed by atoms with van der Waals surface area (Å²) in [6, 6.07) is 0. The summed E-state index contributed by atoms with van der Waals surface area (Å²) in [5.74, 6) is 0. The Labute approximate surface area is 70.0 Å². The molecule has 2 fully saturated rings. The van der Waals surface area contributed by atoms with Gasteiger partial charge in [0.1, 0.15) is 4.51 Å². The second-order valence-electron chi connectivity index (χ2n) is 2.49. The van der Waals surface area contributed by atoms with Crippen molar-refractivity contribution in [2.45, 2.75) is 24.3 Å². The van der Waals surface area contributed by atoms with Crippen molar-refractivity contribution in [1.82, 2.24) is 0 Å². The van der Waals surface area contributed by atoms with Crippen LogP contribution in [0.15, 0.2) is 0 Å². The van der Waals surface area contributed by atoms with Crippen LogP contribution in [-0.4, -0.2) is 24.3 Å². The molecule has 3 heteroatoms. The highest BCUT2D eigenvalue weighted by Crippen LogP contribution is 2.36. The zero-order valence-electron chi connectivity index (χ0n) is 6.23. The lowest BCUT2D eigenvalue weighted by atomic mass is 10.4. The first-order valence-electron chi connectivity index (χ1n) is 3.67. The molecule has 2 nitrogen and oxygen atoms in total. The first-order valence-corrected chi connectivity index (χ1v) is 4.47. The normalized spacial score (nSPS) is 35.4. The Morgan fingerprint density at radius 2 is 1.90 bits per heavy atom. The number of alkyl halides is 1. The third-order valence-corrected chi connectivity index (χ3v) is 2.58. The van der Waals surface area contributed by atoms with Gasteiger partial charge in [0.15, 0.2) is 0 Å². The minimum Gasteiger partial charge on any atom is -0.381 e. The average molecular weight is 209 g/mol. The van der Waals surface area contributed by atoms with Crippen LogP contribution in [0.5, 0.6) is 0 Å². The van der Waals surface area contributed by atoms with Crippen LogP contribution in [0.4, 0.5) is 0 Å². The summed E-state index contributed by atoms with van der Waals surface area (Å²) < 4.78 is 9.79. The van der Waals surface area contributed by atoms with E-state index in [1.54, 1.807) is 0 Å². The Bertz CT molecular complexity index is 93.8. The smallest absolute Gasteiger partial charge is 0.145 e. The molecule has 1 unspecified atom stereocenters. The molecule has 2 rings (SSSR count). The average Bonchev–Trinajstić information content (AvgIpc) is 2.45. The van der Waals surface area contributed by atoms with Gasteiger partial charge in [-0.2, -0.15) is 0 Å². The predicted molar refractivity (Wildman–Crippen MR) is 43.3 cm³/mol. The van der Waals surface area contributed by atoms with Crippen LogP contribution in [0.1, 0.15) is 19.8 Å². The topological polar surface area (TPSA) is 21.8 Å². The van der Waals surface area contributed by atoms with E-state index in [0.29, 0.717) is 0 Å². The number of hydrogen-bond donors (Lipinski definition) is 0. The highest BCUT2D eigenvalue weighted by atomic mass is 79.9. The second kappa shape index (κ2) is 3.69. The van der Waals surface area contributed by atoms with Crippen molar-refractivity contribution in [3.63, 3.8) is 0 Å². The van der Waals surface area contributed by atoms with Gasteiger partial charge in [-0.05, 0) is 12.8 Å². The van der Waals surface area contributed by atoms with Crippen LogP contribution >= 0.6 is 15.9 Å². The maximum atomic E-state index is 4.96. The minimum absolute atomic E-state index is 0.104. The monoisotopic (exact) mass is 208 g/mol. The van der Waals surface area contributed by atoms with Gasteiger partial charge in [-0.25, -0.2) is 0 Å². The second-order valence-corrected chi connectivity index (χ2v) is 3.94. The zero-order valence-corrected chi connectivity index (χ0v) is 7.82. The van der Waals surface area contributed by atoms with Crippen molar-refractivity contribution in [3.05, 3.63) is 0 Å². The molecule has 1 atom stereocenters. The molecule has 60 valence electrons. The molecule has 0 radical (unpaired) electrons. The lowest BCUT2D eigenvalue weighted by Crippen LogP contribution is -2.09. The van der Waals surface area contributed by atoms with Crippen LogP contribution < -0.4 is 0 Å². The van der Waals surface area contributed by atoms with Gasteiger partial charge >= 0.3 is 0 Å². The Morgan fingerprint density at radius 3 is 1.90 bits per heavy atom. The summed E-state index contributed by atoms with van der Waals surface area (Å²) in [6.07, 6.45) is 2.35. The van der Waals surface area contributed by atoms with Gasteiger partial charge in [0.25, 0.3) is 0 Å². The van der Waals surface area contributed by atoms with E-state index in [1.165, 1.54) is 6.42 Å². The molecule has 0 spiro atoms. The fourth-order valence-corrected chi connectivity index (χ4v) is 0.541. The van der Waals surface area contributed by atoms with Gasteiger partial charge in [0.2, 0.25) is 0 Å². The molecule has 0 N–H and O–H groups in total. The molecular formula is C7H13BrO2. The maximum Gasteiger partial charge on any atom is 0.145 e. The lowest BCUT2D eigenvalue weighted by Gasteiger charge is -2.09. The third-order valence-electron chi connectivity index (χ3n) is 1.56. The van der Waals surface area contributed by atoms with Crippen molar-refractivity contribution in [3.8, 4) is 0 Å². The van der Waals surface area contributed by atoms with Crippen molar-refractivity contribution >= 4 is 15.9 Å². The predicted octanol–water partition coefficient (Wildman–Crippen LogP) is 1.92. The molecular weight excluding hydrogens is 196 g/mol. The van der Waals surface area contributed by atoms with Gasteiger partial charge in [-0.1, -0.05) is 22.9 Å². The Kier molecular flexibility index (Phi) is 3.14. The molecule has 0 aliphatic carbocycles. The van der Waals surface area contributed by atoms with Crippen molar-refractivity contribution in [2.24, 2.45) is 0 Å². The standard InChI is InChI=1S/C4H7BrO.C3H6O/c1-2-4(5)3-6-4;1-2-4-3-1/h2-3H2,1H3;1-3H2.